The molecule has 3 atom stereocenters. The van der Waals surface area contributed by atoms with Crippen LogP contribution in [0.5, 0.6) is 5.75 Å². The fraction of sp³-hybridized carbons (Fsp3) is 0.481. The van der Waals surface area contributed by atoms with Crippen LogP contribution in [0.2, 0.25) is 0 Å². The van der Waals surface area contributed by atoms with Crippen molar-refractivity contribution >= 4 is 17.6 Å². The third-order valence-electron chi connectivity index (χ3n) is 6.47. The molecule has 3 rings (SSSR count). The largest absolute Gasteiger partial charge is 0.491 e. The molecule has 3 unspecified atom stereocenters. The van der Waals surface area contributed by atoms with Gasteiger partial charge in [0.15, 0.2) is 0 Å². The molecule has 1 aliphatic rings. The van der Waals surface area contributed by atoms with Crippen LogP contribution in [0.4, 0.5) is 5.69 Å². The molecule has 32 heavy (non-hydrogen) atoms. The standard InChI is InChI=1S/C27H38N2O2S/c1-6-8-21-15-19(3)9-11-24(21)22-17-29(14-13-20(4)26(7-2)30-5)25-16-23(32-28)10-12-27(25)31-18-22/h7,9-12,15-16,20,22,26H,2,6,8,13-14,17-18,28H2,1,3-5H3. The van der Waals surface area contributed by atoms with Crippen LogP contribution >= 0.6 is 11.9 Å². The highest BCUT2D eigenvalue weighted by Crippen LogP contribution is 2.38. The summed E-state index contributed by atoms with van der Waals surface area (Å²) in [6, 6.07) is 13.2. The molecule has 2 aromatic carbocycles. The van der Waals surface area contributed by atoms with Crippen molar-refractivity contribution in [1.29, 1.82) is 0 Å². The minimum Gasteiger partial charge on any atom is -0.491 e. The highest BCUT2D eigenvalue weighted by Gasteiger charge is 2.27. The van der Waals surface area contributed by atoms with Crippen molar-refractivity contribution in [3.63, 3.8) is 0 Å². The number of benzene rings is 2. The topological polar surface area (TPSA) is 47.7 Å². The summed E-state index contributed by atoms with van der Waals surface area (Å²) in [4.78, 5) is 3.53. The van der Waals surface area contributed by atoms with Crippen molar-refractivity contribution in [2.24, 2.45) is 11.1 Å². The molecule has 0 fully saturated rings. The molecule has 0 saturated heterocycles. The van der Waals surface area contributed by atoms with E-state index in [1.165, 1.54) is 28.6 Å². The summed E-state index contributed by atoms with van der Waals surface area (Å²) in [5.41, 5.74) is 5.31. The van der Waals surface area contributed by atoms with E-state index in [1.54, 1.807) is 7.11 Å². The molecule has 2 aromatic rings. The van der Waals surface area contributed by atoms with Gasteiger partial charge < -0.3 is 14.4 Å². The van der Waals surface area contributed by atoms with Gasteiger partial charge in [-0.1, -0.05) is 50.1 Å². The van der Waals surface area contributed by atoms with Crippen molar-refractivity contribution in [2.75, 3.05) is 31.7 Å². The monoisotopic (exact) mass is 454 g/mol. The second-order valence-corrected chi connectivity index (χ2v) is 9.56. The first kappa shape index (κ1) is 24.7. The van der Waals surface area contributed by atoms with Gasteiger partial charge in [0.25, 0.3) is 0 Å². The first-order chi connectivity index (χ1) is 15.5. The van der Waals surface area contributed by atoms with Gasteiger partial charge in [-0.3, -0.25) is 5.14 Å². The van der Waals surface area contributed by atoms with E-state index in [0.717, 1.165) is 48.7 Å². The lowest BCUT2D eigenvalue weighted by Gasteiger charge is -2.30. The van der Waals surface area contributed by atoms with E-state index in [2.05, 4.69) is 62.6 Å². The van der Waals surface area contributed by atoms with Crippen LogP contribution in [0.15, 0.2) is 53.9 Å². The SMILES string of the molecule is C=CC(OC)C(C)CCN1CC(c2ccc(C)cc2CCC)COc2ccc(SN)cc21. The van der Waals surface area contributed by atoms with Crippen LogP contribution in [0.25, 0.3) is 0 Å². The summed E-state index contributed by atoms with van der Waals surface area (Å²) in [6.45, 7) is 13.1. The Kier molecular flexibility index (Phi) is 9.09. The van der Waals surface area contributed by atoms with Gasteiger partial charge in [0.2, 0.25) is 0 Å². The molecule has 1 aliphatic heterocycles. The average Bonchev–Trinajstić information content (AvgIpc) is 2.98. The first-order valence-corrected chi connectivity index (χ1v) is 12.5. The summed E-state index contributed by atoms with van der Waals surface area (Å²) < 4.78 is 12.0. The molecular formula is C27H38N2O2S. The van der Waals surface area contributed by atoms with E-state index in [1.807, 2.05) is 12.1 Å². The first-order valence-electron chi connectivity index (χ1n) is 11.6. The molecule has 0 aliphatic carbocycles. The number of fused-ring (bicyclic) bond motifs is 1. The summed E-state index contributed by atoms with van der Waals surface area (Å²) in [5, 5.41) is 5.88. The van der Waals surface area contributed by atoms with Crippen molar-refractivity contribution in [1.82, 2.24) is 0 Å². The van der Waals surface area contributed by atoms with Crippen molar-refractivity contribution in [3.8, 4) is 5.75 Å². The molecular weight excluding hydrogens is 416 g/mol. The lowest BCUT2D eigenvalue weighted by Crippen LogP contribution is -2.32. The molecule has 5 heteroatoms. The molecule has 0 aromatic heterocycles. The van der Waals surface area contributed by atoms with E-state index in [4.69, 9.17) is 14.6 Å². The van der Waals surface area contributed by atoms with Crippen LogP contribution in [-0.2, 0) is 11.2 Å². The van der Waals surface area contributed by atoms with Gasteiger partial charge in [0.1, 0.15) is 5.75 Å². The third kappa shape index (κ3) is 5.89. The van der Waals surface area contributed by atoms with Gasteiger partial charge in [-0.05, 0) is 67.0 Å². The van der Waals surface area contributed by atoms with Gasteiger partial charge in [-0.2, -0.15) is 0 Å². The maximum atomic E-state index is 6.37. The van der Waals surface area contributed by atoms with E-state index in [-0.39, 0.29) is 6.10 Å². The van der Waals surface area contributed by atoms with Gasteiger partial charge in [0.05, 0.1) is 18.4 Å². The Morgan fingerprint density at radius 3 is 2.81 bits per heavy atom. The van der Waals surface area contributed by atoms with Crippen LogP contribution in [0.3, 0.4) is 0 Å². The van der Waals surface area contributed by atoms with Crippen LogP contribution in [0.1, 0.15) is 49.3 Å². The van der Waals surface area contributed by atoms with Crippen LogP contribution in [0, 0.1) is 12.8 Å². The number of methoxy groups -OCH3 is 1. The average molecular weight is 455 g/mol. The van der Waals surface area contributed by atoms with Crippen LogP contribution < -0.4 is 14.8 Å². The molecule has 0 bridgehead atoms. The van der Waals surface area contributed by atoms with Crippen molar-refractivity contribution in [3.05, 3.63) is 65.7 Å². The minimum absolute atomic E-state index is 0.0627. The molecule has 2 N–H and O–H groups in total. The Labute approximate surface area is 198 Å². The van der Waals surface area contributed by atoms with E-state index < -0.39 is 0 Å². The zero-order chi connectivity index (χ0) is 23.1. The summed E-state index contributed by atoms with van der Waals surface area (Å²) >= 11 is 1.28. The molecule has 174 valence electrons. The van der Waals surface area contributed by atoms with Gasteiger partial charge in [-0.25, -0.2) is 0 Å². The molecule has 0 radical (unpaired) electrons. The Hall–Kier alpha value is -1.95. The Bertz CT molecular complexity index is 901. The van der Waals surface area contributed by atoms with Gasteiger partial charge >= 0.3 is 0 Å². The highest BCUT2D eigenvalue weighted by atomic mass is 32.2. The second kappa shape index (κ2) is 11.8. The van der Waals surface area contributed by atoms with Gasteiger partial charge in [0, 0.05) is 31.0 Å². The smallest absolute Gasteiger partial charge is 0.142 e. The Balaban J connectivity index is 1.91. The van der Waals surface area contributed by atoms with Crippen LogP contribution in [-0.4, -0.2) is 32.9 Å². The molecule has 0 saturated carbocycles. The number of anilines is 1. The van der Waals surface area contributed by atoms with Gasteiger partial charge in [-0.15, -0.1) is 6.58 Å². The number of nitrogens with zero attached hydrogens (tertiary/aromatic N) is 1. The Morgan fingerprint density at radius 2 is 2.12 bits per heavy atom. The number of rotatable bonds is 10. The highest BCUT2D eigenvalue weighted by molar-refractivity contribution is 7.97. The normalized spacial score (nSPS) is 17.8. The van der Waals surface area contributed by atoms with E-state index in [0.29, 0.717) is 18.4 Å². The Morgan fingerprint density at radius 1 is 1.31 bits per heavy atom. The summed E-state index contributed by atoms with van der Waals surface area (Å²) in [6.07, 6.45) is 5.21. The van der Waals surface area contributed by atoms with E-state index in [9.17, 15) is 0 Å². The predicted octanol–water partition coefficient (Wildman–Crippen LogP) is 6.12. The predicted molar refractivity (Wildman–Crippen MR) is 137 cm³/mol. The second-order valence-electron chi connectivity index (χ2n) is 8.86. The molecule has 0 amide bonds. The number of ether oxygens (including phenoxy) is 2. The number of hydrogen-bond acceptors (Lipinski definition) is 5. The fourth-order valence-electron chi connectivity index (χ4n) is 4.65. The zero-order valence-corrected chi connectivity index (χ0v) is 20.8. The van der Waals surface area contributed by atoms with E-state index >= 15 is 0 Å². The summed E-state index contributed by atoms with van der Waals surface area (Å²) in [5.74, 6) is 1.63. The third-order valence-corrected chi connectivity index (χ3v) is 6.99. The molecule has 1 heterocycles. The zero-order valence-electron chi connectivity index (χ0n) is 20.0. The quantitative estimate of drug-likeness (QED) is 0.346. The number of aryl methyl sites for hydroxylation is 2. The lowest BCUT2D eigenvalue weighted by atomic mass is 9.90. The minimum atomic E-state index is 0.0627. The maximum absolute atomic E-state index is 6.37. The lowest BCUT2D eigenvalue weighted by molar-refractivity contribution is 0.0939. The maximum Gasteiger partial charge on any atom is 0.142 e. The fourth-order valence-corrected chi connectivity index (χ4v) is 4.98. The van der Waals surface area contributed by atoms with Crippen molar-refractivity contribution < 1.29 is 9.47 Å². The van der Waals surface area contributed by atoms with Crippen molar-refractivity contribution in [2.45, 2.75) is 57.0 Å². The molecule has 0 spiro atoms. The molecule has 4 nitrogen and oxygen atoms in total. The number of nitrogens with two attached hydrogens (primary N) is 1. The number of hydrogen-bond donors (Lipinski definition) is 1. The summed E-state index contributed by atoms with van der Waals surface area (Å²) in [7, 11) is 1.76.